The number of carbonyl (C=O) groups excluding carboxylic acids is 2. The van der Waals surface area contributed by atoms with Crippen LogP contribution in [-0.2, 0) is 9.59 Å². The molecule has 0 spiro atoms. The van der Waals surface area contributed by atoms with Crippen LogP contribution in [0.1, 0.15) is 30.9 Å². The highest BCUT2D eigenvalue weighted by Gasteiger charge is 2.20. The van der Waals surface area contributed by atoms with E-state index < -0.39 is 6.04 Å². The minimum Gasteiger partial charge on any atom is -0.361 e. The summed E-state index contributed by atoms with van der Waals surface area (Å²) in [7, 11) is 0. The molecule has 0 saturated carbocycles. The van der Waals surface area contributed by atoms with Gasteiger partial charge in [-0.1, -0.05) is 62.4 Å². The van der Waals surface area contributed by atoms with Gasteiger partial charge in [-0.25, -0.2) is 0 Å². The van der Waals surface area contributed by atoms with E-state index in [1.165, 1.54) is 0 Å². The van der Waals surface area contributed by atoms with Gasteiger partial charge >= 0.3 is 0 Å². The minimum absolute atomic E-state index is 0.00933. The molecule has 1 aromatic heterocycles. The Morgan fingerprint density at radius 3 is 2.41 bits per heavy atom. The molecular formula is C23H28N4O2. The molecule has 0 bridgehead atoms. The Labute approximate surface area is 170 Å². The van der Waals surface area contributed by atoms with Gasteiger partial charge in [-0.15, -0.1) is 0 Å². The number of aromatic nitrogens is 1. The van der Waals surface area contributed by atoms with Crippen LogP contribution in [0.25, 0.3) is 10.9 Å². The van der Waals surface area contributed by atoms with Gasteiger partial charge in [-0.05, 0) is 23.1 Å². The van der Waals surface area contributed by atoms with Crippen molar-refractivity contribution in [2.45, 2.75) is 25.8 Å². The summed E-state index contributed by atoms with van der Waals surface area (Å²) in [4.78, 5) is 27.6. The maximum absolute atomic E-state index is 12.3. The van der Waals surface area contributed by atoms with Crippen molar-refractivity contribution in [2.75, 3.05) is 13.1 Å². The molecule has 2 atom stereocenters. The second-order valence-electron chi connectivity index (χ2n) is 7.54. The number of aromatic amines is 1. The summed E-state index contributed by atoms with van der Waals surface area (Å²) in [6, 6.07) is 17.6. The molecule has 152 valence electrons. The van der Waals surface area contributed by atoms with E-state index in [9.17, 15) is 9.59 Å². The molecule has 0 aliphatic carbocycles. The molecule has 1 heterocycles. The van der Waals surface area contributed by atoms with Gasteiger partial charge in [0.15, 0.2) is 0 Å². The summed E-state index contributed by atoms with van der Waals surface area (Å²) < 4.78 is 0. The predicted octanol–water partition coefficient (Wildman–Crippen LogP) is 2.52. The Morgan fingerprint density at radius 2 is 1.69 bits per heavy atom. The number of benzene rings is 2. The Hall–Kier alpha value is -3.12. The second kappa shape index (κ2) is 9.39. The Bertz CT molecular complexity index is 965. The SMILES string of the molecule is CC(C)[C@H](N)C(=O)NCC(=O)NCC(c1ccccc1)c1c[nH]c2ccccc12. The van der Waals surface area contributed by atoms with Crippen LogP contribution in [0, 0.1) is 5.92 Å². The van der Waals surface area contributed by atoms with Crippen molar-refractivity contribution in [1.82, 2.24) is 15.6 Å². The van der Waals surface area contributed by atoms with Gasteiger partial charge in [-0.3, -0.25) is 9.59 Å². The van der Waals surface area contributed by atoms with Crippen LogP contribution >= 0.6 is 0 Å². The number of hydrogen-bond donors (Lipinski definition) is 4. The van der Waals surface area contributed by atoms with Crippen LogP contribution in [-0.4, -0.2) is 35.9 Å². The summed E-state index contributed by atoms with van der Waals surface area (Å²) in [6.07, 6.45) is 2.00. The summed E-state index contributed by atoms with van der Waals surface area (Å²) in [5.41, 5.74) is 9.11. The lowest BCUT2D eigenvalue weighted by Crippen LogP contribution is -2.47. The number of rotatable bonds is 8. The lowest BCUT2D eigenvalue weighted by molar-refractivity contribution is -0.127. The monoisotopic (exact) mass is 392 g/mol. The maximum Gasteiger partial charge on any atom is 0.239 e. The van der Waals surface area contributed by atoms with Gasteiger partial charge in [0.1, 0.15) is 0 Å². The first-order chi connectivity index (χ1) is 14.0. The quantitative estimate of drug-likeness (QED) is 0.474. The first-order valence-electron chi connectivity index (χ1n) is 9.88. The van der Waals surface area contributed by atoms with Crippen LogP contribution in [0.2, 0.25) is 0 Å². The number of amides is 2. The van der Waals surface area contributed by atoms with E-state index in [-0.39, 0.29) is 30.2 Å². The standard InChI is InChI=1S/C23H28N4O2/c1-15(2)22(24)23(29)27-14-21(28)26-12-18(16-8-4-3-5-9-16)19-13-25-20-11-7-6-10-17(19)20/h3-11,13,15,18,22,25H,12,14,24H2,1-2H3,(H,26,28)(H,27,29)/t18?,22-/m0/s1. The number of hydrogen-bond acceptors (Lipinski definition) is 3. The normalized spacial score (nSPS) is 13.2. The van der Waals surface area contributed by atoms with Gasteiger partial charge in [0, 0.05) is 29.6 Å². The summed E-state index contributed by atoms with van der Waals surface area (Å²) in [5.74, 6) is -0.547. The number of fused-ring (bicyclic) bond motifs is 1. The van der Waals surface area contributed by atoms with E-state index in [0.717, 1.165) is 22.0 Å². The van der Waals surface area contributed by atoms with Crippen LogP contribution in [0.5, 0.6) is 0 Å². The van der Waals surface area contributed by atoms with Crippen LogP contribution in [0.15, 0.2) is 60.8 Å². The molecule has 0 aliphatic heterocycles. The zero-order valence-electron chi connectivity index (χ0n) is 16.8. The average molecular weight is 393 g/mol. The van der Waals surface area contributed by atoms with E-state index in [2.05, 4.69) is 33.8 Å². The molecular weight excluding hydrogens is 364 g/mol. The third kappa shape index (κ3) is 5.03. The van der Waals surface area contributed by atoms with Gasteiger partial charge in [-0.2, -0.15) is 0 Å². The molecule has 6 heteroatoms. The van der Waals surface area contributed by atoms with Gasteiger partial charge < -0.3 is 21.4 Å². The first kappa shape index (κ1) is 20.6. The van der Waals surface area contributed by atoms with Gasteiger partial charge in [0.25, 0.3) is 0 Å². The molecule has 0 radical (unpaired) electrons. The Morgan fingerprint density at radius 1 is 1.00 bits per heavy atom. The molecule has 0 aliphatic rings. The lowest BCUT2D eigenvalue weighted by atomic mass is 9.91. The van der Waals surface area contributed by atoms with E-state index in [0.29, 0.717) is 6.54 Å². The highest BCUT2D eigenvalue weighted by molar-refractivity contribution is 5.88. The van der Waals surface area contributed by atoms with Crippen LogP contribution in [0.3, 0.4) is 0 Å². The number of para-hydroxylation sites is 1. The molecule has 2 amide bonds. The molecule has 0 saturated heterocycles. The smallest absolute Gasteiger partial charge is 0.239 e. The minimum atomic E-state index is -0.619. The molecule has 0 fully saturated rings. The molecule has 2 aromatic carbocycles. The molecule has 29 heavy (non-hydrogen) atoms. The third-order valence-corrected chi connectivity index (χ3v) is 5.15. The van der Waals surface area contributed by atoms with Crippen molar-refractivity contribution in [3.05, 3.63) is 71.9 Å². The predicted molar refractivity (Wildman–Crippen MR) is 115 cm³/mol. The summed E-state index contributed by atoms with van der Waals surface area (Å²) in [6.45, 7) is 4.08. The summed E-state index contributed by atoms with van der Waals surface area (Å²) in [5, 5.41) is 6.69. The van der Waals surface area contributed by atoms with Gasteiger partial charge in [0.2, 0.25) is 11.8 Å². The largest absolute Gasteiger partial charge is 0.361 e. The van der Waals surface area contributed by atoms with Crippen molar-refractivity contribution in [3.8, 4) is 0 Å². The van der Waals surface area contributed by atoms with Crippen LogP contribution < -0.4 is 16.4 Å². The Balaban J connectivity index is 1.70. The van der Waals surface area contributed by atoms with Gasteiger partial charge in [0.05, 0.1) is 12.6 Å². The van der Waals surface area contributed by atoms with E-state index in [1.807, 2.05) is 56.4 Å². The third-order valence-electron chi connectivity index (χ3n) is 5.15. The van der Waals surface area contributed by atoms with Crippen LogP contribution in [0.4, 0.5) is 0 Å². The molecule has 3 aromatic rings. The molecule has 5 N–H and O–H groups in total. The fourth-order valence-corrected chi connectivity index (χ4v) is 3.34. The number of H-pyrrole nitrogens is 1. The Kier molecular flexibility index (Phi) is 6.67. The number of nitrogens with one attached hydrogen (secondary N) is 3. The average Bonchev–Trinajstić information content (AvgIpc) is 3.16. The zero-order chi connectivity index (χ0) is 20.8. The van der Waals surface area contributed by atoms with Crippen molar-refractivity contribution < 1.29 is 9.59 Å². The zero-order valence-corrected chi connectivity index (χ0v) is 16.8. The van der Waals surface area contributed by atoms with E-state index >= 15 is 0 Å². The van der Waals surface area contributed by atoms with Crippen molar-refractivity contribution in [3.63, 3.8) is 0 Å². The fourth-order valence-electron chi connectivity index (χ4n) is 3.34. The van der Waals surface area contributed by atoms with Crippen molar-refractivity contribution >= 4 is 22.7 Å². The lowest BCUT2D eigenvalue weighted by Gasteiger charge is -2.19. The topological polar surface area (TPSA) is 100 Å². The van der Waals surface area contributed by atoms with E-state index in [1.54, 1.807) is 0 Å². The second-order valence-corrected chi connectivity index (χ2v) is 7.54. The summed E-state index contributed by atoms with van der Waals surface area (Å²) >= 11 is 0. The molecule has 3 rings (SSSR count). The fraction of sp³-hybridized carbons (Fsp3) is 0.304. The van der Waals surface area contributed by atoms with Crippen molar-refractivity contribution in [2.24, 2.45) is 11.7 Å². The maximum atomic E-state index is 12.3. The molecule has 1 unspecified atom stereocenters. The highest BCUT2D eigenvalue weighted by atomic mass is 16.2. The number of carbonyl (C=O) groups is 2. The van der Waals surface area contributed by atoms with Crippen molar-refractivity contribution in [1.29, 1.82) is 0 Å². The number of nitrogens with two attached hydrogens (primary N) is 1. The first-order valence-corrected chi connectivity index (χ1v) is 9.88. The van der Waals surface area contributed by atoms with E-state index in [4.69, 9.17) is 5.73 Å². The highest BCUT2D eigenvalue weighted by Crippen LogP contribution is 2.30. The molecule has 6 nitrogen and oxygen atoms in total.